The Morgan fingerprint density at radius 1 is 1.50 bits per heavy atom. The number of Topliss-reactive ketones (excluding diaryl/α,β-unsaturated/α-hetero) is 1. The van der Waals surface area contributed by atoms with Gasteiger partial charge in [-0.15, -0.1) is 0 Å². The second-order valence-corrected chi connectivity index (χ2v) is 4.43. The van der Waals surface area contributed by atoms with Crippen molar-refractivity contribution in [2.24, 2.45) is 0 Å². The maximum atomic E-state index is 11.2. The van der Waals surface area contributed by atoms with Crippen molar-refractivity contribution in [3.63, 3.8) is 0 Å². The molecular formula is C12H15BrO. The van der Waals surface area contributed by atoms with Gasteiger partial charge in [-0.3, -0.25) is 4.79 Å². The van der Waals surface area contributed by atoms with Crippen LogP contribution < -0.4 is 0 Å². The molecule has 0 radical (unpaired) electrons. The zero-order valence-corrected chi connectivity index (χ0v) is 10.4. The van der Waals surface area contributed by atoms with Crippen LogP contribution in [0.4, 0.5) is 0 Å². The molecule has 0 aliphatic carbocycles. The number of halogens is 1. The molecule has 76 valence electrons. The summed E-state index contributed by atoms with van der Waals surface area (Å²) in [5, 5.41) is 0. The van der Waals surface area contributed by atoms with Gasteiger partial charge in [-0.1, -0.05) is 41.1 Å². The summed E-state index contributed by atoms with van der Waals surface area (Å²) in [6.45, 7) is 5.78. The van der Waals surface area contributed by atoms with E-state index in [1.54, 1.807) is 6.92 Å². The number of ketones is 1. The van der Waals surface area contributed by atoms with E-state index >= 15 is 0 Å². The zero-order valence-electron chi connectivity index (χ0n) is 8.80. The van der Waals surface area contributed by atoms with Crippen molar-refractivity contribution in [2.45, 2.75) is 32.0 Å². The average molecular weight is 255 g/mol. The van der Waals surface area contributed by atoms with Crippen LogP contribution in [0.25, 0.3) is 0 Å². The molecular weight excluding hydrogens is 240 g/mol. The van der Waals surface area contributed by atoms with Crippen molar-refractivity contribution in [1.82, 2.24) is 0 Å². The number of rotatable bonds is 3. The standard InChI is InChI=1S/C12H15BrO/c1-4-10-5-6-11(8(2)7-10)12(13)9(3)14/h5-7,12H,4H2,1-3H3. The molecule has 0 aromatic heterocycles. The third-order valence-corrected chi connectivity index (χ3v) is 3.51. The SMILES string of the molecule is CCc1ccc(C(Br)C(C)=O)c(C)c1. The normalized spacial score (nSPS) is 12.6. The van der Waals surface area contributed by atoms with Gasteiger partial charge in [0.2, 0.25) is 0 Å². The average Bonchev–Trinajstić information content (AvgIpc) is 2.16. The molecule has 1 nitrogen and oxygen atoms in total. The van der Waals surface area contributed by atoms with Crippen molar-refractivity contribution in [1.29, 1.82) is 0 Å². The van der Waals surface area contributed by atoms with Crippen molar-refractivity contribution in [2.75, 3.05) is 0 Å². The van der Waals surface area contributed by atoms with Crippen molar-refractivity contribution in [3.05, 3.63) is 34.9 Å². The summed E-state index contributed by atoms with van der Waals surface area (Å²) in [6.07, 6.45) is 1.04. The molecule has 1 atom stereocenters. The third-order valence-electron chi connectivity index (χ3n) is 2.37. The molecule has 0 saturated carbocycles. The van der Waals surface area contributed by atoms with Gasteiger partial charge in [0.05, 0.1) is 4.83 Å². The van der Waals surface area contributed by atoms with Crippen molar-refractivity contribution < 1.29 is 4.79 Å². The van der Waals surface area contributed by atoms with Gasteiger partial charge < -0.3 is 0 Å². The molecule has 0 amide bonds. The van der Waals surface area contributed by atoms with E-state index in [9.17, 15) is 4.79 Å². The predicted octanol–water partition coefficient (Wildman–Crippen LogP) is 3.58. The lowest BCUT2D eigenvalue weighted by molar-refractivity contribution is -0.116. The number of alkyl halides is 1. The van der Waals surface area contributed by atoms with Crippen molar-refractivity contribution in [3.8, 4) is 0 Å². The Morgan fingerprint density at radius 3 is 2.57 bits per heavy atom. The Kier molecular flexibility index (Phi) is 3.87. The van der Waals surface area contributed by atoms with Gasteiger partial charge in [0, 0.05) is 0 Å². The number of carbonyl (C=O) groups is 1. The largest absolute Gasteiger partial charge is 0.298 e. The highest BCUT2D eigenvalue weighted by molar-refractivity contribution is 9.09. The molecule has 14 heavy (non-hydrogen) atoms. The minimum atomic E-state index is -0.159. The molecule has 0 fully saturated rings. The molecule has 0 bridgehead atoms. The van der Waals surface area contributed by atoms with Crippen LogP contribution in [0.15, 0.2) is 18.2 Å². The first kappa shape index (κ1) is 11.4. The van der Waals surface area contributed by atoms with Crippen LogP contribution in [0.1, 0.15) is 35.4 Å². The summed E-state index contributed by atoms with van der Waals surface area (Å²) in [4.78, 5) is 11.0. The summed E-state index contributed by atoms with van der Waals surface area (Å²) in [5.41, 5.74) is 3.57. The Bertz CT molecular complexity index is 344. The molecule has 0 aliphatic rings. The fraction of sp³-hybridized carbons (Fsp3) is 0.417. The minimum Gasteiger partial charge on any atom is -0.298 e. The van der Waals surface area contributed by atoms with E-state index in [1.807, 2.05) is 13.0 Å². The van der Waals surface area contributed by atoms with Gasteiger partial charge in [-0.25, -0.2) is 0 Å². The number of hydrogen-bond donors (Lipinski definition) is 0. The quantitative estimate of drug-likeness (QED) is 0.754. The Labute approximate surface area is 93.7 Å². The molecule has 0 spiro atoms. The van der Waals surface area contributed by atoms with Crippen LogP contribution in [0.2, 0.25) is 0 Å². The summed E-state index contributed by atoms with van der Waals surface area (Å²) >= 11 is 3.40. The first-order valence-corrected chi connectivity index (χ1v) is 5.71. The van der Waals surface area contributed by atoms with E-state index in [1.165, 1.54) is 11.1 Å². The predicted molar refractivity (Wildman–Crippen MR) is 62.9 cm³/mol. The molecule has 0 aliphatic heterocycles. The number of aryl methyl sites for hydroxylation is 2. The van der Waals surface area contributed by atoms with E-state index in [0.29, 0.717) is 0 Å². The molecule has 1 rings (SSSR count). The monoisotopic (exact) mass is 254 g/mol. The maximum Gasteiger partial charge on any atom is 0.147 e. The molecule has 0 heterocycles. The molecule has 1 aromatic carbocycles. The van der Waals surface area contributed by atoms with E-state index in [2.05, 4.69) is 35.0 Å². The van der Waals surface area contributed by atoms with E-state index < -0.39 is 0 Å². The highest BCUT2D eigenvalue weighted by Gasteiger charge is 2.14. The lowest BCUT2D eigenvalue weighted by Crippen LogP contribution is -2.03. The molecule has 1 aromatic rings. The lowest BCUT2D eigenvalue weighted by Gasteiger charge is -2.11. The van der Waals surface area contributed by atoms with Crippen molar-refractivity contribution >= 4 is 21.7 Å². The van der Waals surface area contributed by atoms with E-state index in [-0.39, 0.29) is 10.6 Å². The Balaban J connectivity index is 3.05. The van der Waals surface area contributed by atoms with Gasteiger partial charge in [0.1, 0.15) is 5.78 Å². The molecule has 1 unspecified atom stereocenters. The van der Waals surface area contributed by atoms with Gasteiger partial charge in [0.15, 0.2) is 0 Å². The first-order valence-electron chi connectivity index (χ1n) is 4.80. The van der Waals surface area contributed by atoms with E-state index in [0.717, 1.165) is 12.0 Å². The third kappa shape index (κ3) is 2.44. The number of carbonyl (C=O) groups excluding carboxylic acids is 1. The maximum absolute atomic E-state index is 11.2. The minimum absolute atomic E-state index is 0.150. The first-order chi connectivity index (χ1) is 6.56. The summed E-state index contributed by atoms with van der Waals surface area (Å²) in [7, 11) is 0. The lowest BCUT2D eigenvalue weighted by atomic mass is 10.00. The van der Waals surface area contributed by atoms with Gasteiger partial charge >= 0.3 is 0 Å². The molecule has 2 heteroatoms. The van der Waals surface area contributed by atoms with Gasteiger partial charge in [0.25, 0.3) is 0 Å². The Hall–Kier alpha value is -0.630. The van der Waals surface area contributed by atoms with Crippen LogP contribution in [-0.2, 0) is 11.2 Å². The smallest absolute Gasteiger partial charge is 0.147 e. The highest BCUT2D eigenvalue weighted by atomic mass is 79.9. The van der Waals surface area contributed by atoms with Gasteiger partial charge in [-0.05, 0) is 37.0 Å². The zero-order chi connectivity index (χ0) is 10.7. The van der Waals surface area contributed by atoms with Crippen LogP contribution in [0, 0.1) is 6.92 Å². The second-order valence-electron chi connectivity index (χ2n) is 3.52. The fourth-order valence-electron chi connectivity index (χ4n) is 1.46. The number of hydrogen-bond acceptors (Lipinski definition) is 1. The Morgan fingerprint density at radius 2 is 2.14 bits per heavy atom. The molecule has 0 N–H and O–H groups in total. The summed E-state index contributed by atoms with van der Waals surface area (Å²) in [5.74, 6) is 0.150. The topological polar surface area (TPSA) is 17.1 Å². The number of benzene rings is 1. The highest BCUT2D eigenvalue weighted by Crippen LogP contribution is 2.27. The fourth-order valence-corrected chi connectivity index (χ4v) is 1.97. The van der Waals surface area contributed by atoms with Crippen LogP contribution in [-0.4, -0.2) is 5.78 Å². The summed E-state index contributed by atoms with van der Waals surface area (Å²) in [6, 6.07) is 6.26. The summed E-state index contributed by atoms with van der Waals surface area (Å²) < 4.78 is 0. The second kappa shape index (κ2) is 4.74. The van der Waals surface area contributed by atoms with Crippen LogP contribution >= 0.6 is 15.9 Å². The van der Waals surface area contributed by atoms with Crippen LogP contribution in [0.3, 0.4) is 0 Å². The van der Waals surface area contributed by atoms with Gasteiger partial charge in [-0.2, -0.15) is 0 Å². The molecule has 0 saturated heterocycles. The van der Waals surface area contributed by atoms with Crippen LogP contribution in [0.5, 0.6) is 0 Å². The van der Waals surface area contributed by atoms with E-state index in [4.69, 9.17) is 0 Å².